The van der Waals surface area contributed by atoms with E-state index in [1.165, 1.54) is 4.90 Å². The van der Waals surface area contributed by atoms with Crippen LogP contribution in [0.4, 0.5) is 13.2 Å². The van der Waals surface area contributed by atoms with Crippen LogP contribution in [0.15, 0.2) is 24.3 Å². The van der Waals surface area contributed by atoms with E-state index in [1.807, 2.05) is 26.0 Å². The number of nitrogens with two attached hydrogens (primary N) is 1. The van der Waals surface area contributed by atoms with Crippen LogP contribution < -0.4 is 10.5 Å². The second-order valence-electron chi connectivity index (χ2n) is 4.93. The van der Waals surface area contributed by atoms with Gasteiger partial charge in [-0.25, -0.2) is 0 Å². The maximum atomic E-state index is 12.6. The third-order valence-electron chi connectivity index (χ3n) is 3.02. The summed E-state index contributed by atoms with van der Waals surface area (Å²) in [6, 6.07) is 6.70. The van der Waals surface area contributed by atoms with Gasteiger partial charge in [-0.15, -0.1) is 0 Å². The van der Waals surface area contributed by atoms with E-state index in [9.17, 15) is 13.2 Å². The summed E-state index contributed by atoms with van der Waals surface area (Å²) in [5.74, 6) is 0.635. The Morgan fingerprint density at radius 2 is 1.90 bits per heavy atom. The molecule has 0 fully saturated rings. The standard InChI is InChI=1S/C15H23F3N2O/c1-3-9-20(11-15(16,17)18)10-13(19)12-7-5-6-8-14(12)21-4-2/h5-8,13H,3-4,9-11,19H2,1-2H3. The van der Waals surface area contributed by atoms with Gasteiger partial charge >= 0.3 is 6.18 Å². The SMILES string of the molecule is CCCN(CC(N)c1ccccc1OCC)CC(F)(F)F. The van der Waals surface area contributed by atoms with Crippen molar-refractivity contribution in [1.82, 2.24) is 4.90 Å². The van der Waals surface area contributed by atoms with Crippen LogP contribution in [0, 0.1) is 0 Å². The fourth-order valence-corrected chi connectivity index (χ4v) is 2.25. The molecule has 1 aromatic carbocycles. The normalized spacial score (nSPS) is 13.5. The van der Waals surface area contributed by atoms with Gasteiger partial charge in [-0.1, -0.05) is 25.1 Å². The second kappa shape index (κ2) is 8.24. The highest BCUT2D eigenvalue weighted by Gasteiger charge is 2.31. The Balaban J connectivity index is 2.79. The number of hydrogen-bond donors (Lipinski definition) is 1. The van der Waals surface area contributed by atoms with Gasteiger partial charge in [0.2, 0.25) is 0 Å². The van der Waals surface area contributed by atoms with Crippen LogP contribution in [0.3, 0.4) is 0 Å². The predicted octanol–water partition coefficient (Wildman–Crippen LogP) is 3.36. The van der Waals surface area contributed by atoms with E-state index in [0.717, 1.165) is 5.56 Å². The van der Waals surface area contributed by atoms with Gasteiger partial charge in [0.1, 0.15) is 5.75 Å². The monoisotopic (exact) mass is 304 g/mol. The molecule has 1 aromatic rings. The zero-order valence-corrected chi connectivity index (χ0v) is 12.5. The third kappa shape index (κ3) is 6.35. The lowest BCUT2D eigenvalue weighted by Gasteiger charge is -2.27. The minimum Gasteiger partial charge on any atom is -0.494 e. The van der Waals surface area contributed by atoms with Crippen molar-refractivity contribution in [2.75, 3.05) is 26.2 Å². The fraction of sp³-hybridized carbons (Fsp3) is 0.600. The van der Waals surface area contributed by atoms with Crippen molar-refractivity contribution >= 4 is 0 Å². The summed E-state index contributed by atoms with van der Waals surface area (Å²) in [5, 5.41) is 0. The molecule has 0 aromatic heterocycles. The van der Waals surface area contributed by atoms with Gasteiger partial charge in [0, 0.05) is 18.2 Å². The van der Waals surface area contributed by atoms with Crippen LogP contribution in [-0.4, -0.2) is 37.3 Å². The maximum Gasteiger partial charge on any atom is 0.401 e. The molecule has 1 atom stereocenters. The minimum absolute atomic E-state index is 0.150. The van der Waals surface area contributed by atoms with Gasteiger partial charge in [0.25, 0.3) is 0 Å². The van der Waals surface area contributed by atoms with Crippen LogP contribution in [0.25, 0.3) is 0 Å². The first-order valence-electron chi connectivity index (χ1n) is 7.13. The van der Waals surface area contributed by atoms with Crippen LogP contribution in [0.1, 0.15) is 31.9 Å². The summed E-state index contributed by atoms with van der Waals surface area (Å²) in [4.78, 5) is 1.34. The first kappa shape index (κ1) is 17.8. The zero-order valence-electron chi connectivity index (χ0n) is 12.5. The third-order valence-corrected chi connectivity index (χ3v) is 3.02. The van der Waals surface area contributed by atoms with Crippen LogP contribution in [0.2, 0.25) is 0 Å². The fourth-order valence-electron chi connectivity index (χ4n) is 2.25. The van der Waals surface area contributed by atoms with Gasteiger partial charge in [0.15, 0.2) is 0 Å². The number of nitrogens with zero attached hydrogens (tertiary/aromatic N) is 1. The topological polar surface area (TPSA) is 38.5 Å². The first-order valence-corrected chi connectivity index (χ1v) is 7.13. The molecule has 1 rings (SSSR count). The predicted molar refractivity (Wildman–Crippen MR) is 77.3 cm³/mol. The molecular formula is C15H23F3N2O. The molecule has 3 nitrogen and oxygen atoms in total. The Kier molecular flexibility index (Phi) is 6.98. The van der Waals surface area contributed by atoms with E-state index in [-0.39, 0.29) is 6.54 Å². The van der Waals surface area contributed by atoms with Gasteiger partial charge in [-0.3, -0.25) is 4.90 Å². The van der Waals surface area contributed by atoms with Gasteiger partial charge in [-0.2, -0.15) is 13.2 Å². The second-order valence-corrected chi connectivity index (χ2v) is 4.93. The molecule has 0 spiro atoms. The summed E-state index contributed by atoms with van der Waals surface area (Å²) < 4.78 is 43.2. The van der Waals surface area contributed by atoms with E-state index in [4.69, 9.17) is 10.5 Å². The summed E-state index contributed by atoms with van der Waals surface area (Å²) in [7, 11) is 0. The molecule has 0 amide bonds. The molecule has 0 aliphatic heterocycles. The van der Waals surface area contributed by atoms with E-state index in [0.29, 0.717) is 25.3 Å². The van der Waals surface area contributed by atoms with Crippen molar-refractivity contribution in [2.24, 2.45) is 5.73 Å². The van der Waals surface area contributed by atoms with Crippen molar-refractivity contribution < 1.29 is 17.9 Å². The number of alkyl halides is 3. The number of hydrogen-bond acceptors (Lipinski definition) is 3. The molecule has 0 aliphatic rings. The highest BCUT2D eigenvalue weighted by molar-refractivity contribution is 5.35. The number of halogens is 3. The lowest BCUT2D eigenvalue weighted by molar-refractivity contribution is -0.146. The highest BCUT2D eigenvalue weighted by atomic mass is 19.4. The smallest absolute Gasteiger partial charge is 0.401 e. The molecular weight excluding hydrogens is 281 g/mol. The number of ether oxygens (including phenoxy) is 1. The van der Waals surface area contributed by atoms with Gasteiger partial charge in [-0.05, 0) is 26.0 Å². The van der Waals surface area contributed by atoms with Gasteiger partial charge in [0.05, 0.1) is 13.2 Å². The minimum atomic E-state index is -4.21. The molecule has 1 unspecified atom stereocenters. The Morgan fingerprint density at radius 3 is 2.48 bits per heavy atom. The van der Waals surface area contributed by atoms with Gasteiger partial charge < -0.3 is 10.5 Å². The van der Waals surface area contributed by atoms with Crippen LogP contribution in [-0.2, 0) is 0 Å². The molecule has 0 aliphatic carbocycles. The van der Waals surface area contributed by atoms with Crippen molar-refractivity contribution in [3.63, 3.8) is 0 Å². The Bertz CT molecular complexity index is 424. The number of rotatable bonds is 8. The summed E-state index contributed by atoms with van der Waals surface area (Å²) >= 11 is 0. The lowest BCUT2D eigenvalue weighted by Crippen LogP contribution is -2.39. The van der Waals surface area contributed by atoms with Crippen LogP contribution >= 0.6 is 0 Å². The largest absolute Gasteiger partial charge is 0.494 e. The Morgan fingerprint density at radius 1 is 1.24 bits per heavy atom. The van der Waals surface area contributed by atoms with Crippen molar-refractivity contribution in [3.05, 3.63) is 29.8 Å². The molecule has 2 N–H and O–H groups in total. The van der Waals surface area contributed by atoms with Crippen molar-refractivity contribution in [1.29, 1.82) is 0 Å². The molecule has 0 saturated carbocycles. The zero-order chi connectivity index (χ0) is 15.9. The molecule has 21 heavy (non-hydrogen) atoms. The molecule has 0 saturated heterocycles. The summed E-state index contributed by atoms with van der Waals surface area (Å²) in [5.41, 5.74) is 6.83. The Labute approximate surface area is 123 Å². The van der Waals surface area contributed by atoms with Crippen molar-refractivity contribution in [3.8, 4) is 5.75 Å². The quantitative estimate of drug-likeness (QED) is 0.800. The van der Waals surface area contributed by atoms with Crippen molar-refractivity contribution in [2.45, 2.75) is 32.5 Å². The molecule has 6 heteroatoms. The molecule has 120 valence electrons. The van der Waals surface area contributed by atoms with E-state index in [1.54, 1.807) is 12.1 Å². The summed E-state index contributed by atoms with van der Waals surface area (Å²) in [6.45, 7) is 3.77. The molecule has 0 heterocycles. The van der Waals surface area contributed by atoms with E-state index < -0.39 is 18.8 Å². The average molecular weight is 304 g/mol. The maximum absolute atomic E-state index is 12.6. The average Bonchev–Trinajstić information content (AvgIpc) is 2.38. The summed E-state index contributed by atoms with van der Waals surface area (Å²) in [6.07, 6.45) is -3.57. The molecule has 0 radical (unpaired) electrons. The number of benzene rings is 1. The molecule has 0 bridgehead atoms. The van der Waals surface area contributed by atoms with Crippen LogP contribution in [0.5, 0.6) is 5.75 Å². The van der Waals surface area contributed by atoms with E-state index in [2.05, 4.69) is 0 Å². The Hall–Kier alpha value is -1.27. The lowest BCUT2D eigenvalue weighted by atomic mass is 10.1. The van der Waals surface area contributed by atoms with E-state index >= 15 is 0 Å². The number of para-hydroxylation sites is 1. The first-order chi connectivity index (χ1) is 9.87. The highest BCUT2D eigenvalue weighted by Crippen LogP contribution is 2.25.